The fraction of sp³-hybridized carbons (Fsp3) is 0.176. The summed E-state index contributed by atoms with van der Waals surface area (Å²) in [6.07, 6.45) is 5.38. The van der Waals surface area contributed by atoms with Gasteiger partial charge in [-0.1, -0.05) is 18.2 Å². The number of pyridine rings is 2. The summed E-state index contributed by atoms with van der Waals surface area (Å²) in [6.45, 7) is 0. The van der Waals surface area contributed by atoms with Gasteiger partial charge in [0.05, 0.1) is 24.9 Å². The Balaban J connectivity index is 2.13. The van der Waals surface area contributed by atoms with Crippen LogP contribution in [0.15, 0.2) is 55.0 Å². The molecule has 0 spiro atoms. The predicted molar refractivity (Wildman–Crippen MR) is 83.4 cm³/mol. The Bertz CT molecular complexity index is 752. The van der Waals surface area contributed by atoms with Crippen molar-refractivity contribution in [1.82, 2.24) is 15.3 Å². The van der Waals surface area contributed by atoms with Crippen molar-refractivity contribution in [2.45, 2.75) is 6.04 Å². The third-order valence-electron chi connectivity index (χ3n) is 3.58. The van der Waals surface area contributed by atoms with E-state index in [2.05, 4.69) is 27.4 Å². The maximum absolute atomic E-state index is 5.27. The summed E-state index contributed by atoms with van der Waals surface area (Å²) in [4.78, 5) is 8.67. The molecule has 0 saturated heterocycles. The first-order valence-electron chi connectivity index (χ1n) is 6.83. The lowest BCUT2D eigenvalue weighted by atomic mass is 9.96. The number of hydrogen-bond donors (Lipinski definition) is 1. The maximum atomic E-state index is 5.27. The lowest BCUT2D eigenvalue weighted by molar-refractivity contribution is 0.411. The van der Waals surface area contributed by atoms with Crippen molar-refractivity contribution in [2.24, 2.45) is 0 Å². The minimum atomic E-state index is 0.0421. The molecule has 1 aromatic carbocycles. The van der Waals surface area contributed by atoms with Crippen LogP contribution in [0.3, 0.4) is 0 Å². The largest absolute Gasteiger partial charge is 0.495 e. The summed E-state index contributed by atoms with van der Waals surface area (Å²) in [5, 5.41) is 4.50. The number of benzene rings is 1. The molecule has 1 atom stereocenters. The number of rotatable bonds is 4. The highest BCUT2D eigenvalue weighted by Gasteiger charge is 2.16. The summed E-state index contributed by atoms with van der Waals surface area (Å²) in [7, 11) is 3.59. The molecule has 106 valence electrons. The standard InChI is InChI=1S/C17H17N3O/c1-18-17(12-9-13(21-2)11-19-10-12)15-5-3-7-16-14(15)6-4-8-20-16/h3-11,17-18H,1-2H3. The number of nitrogens with one attached hydrogen (secondary N) is 1. The number of methoxy groups -OCH3 is 1. The molecule has 0 aliphatic heterocycles. The van der Waals surface area contributed by atoms with E-state index in [0.29, 0.717) is 0 Å². The molecule has 1 unspecified atom stereocenters. The van der Waals surface area contributed by atoms with Crippen LogP contribution in [0.25, 0.3) is 10.9 Å². The van der Waals surface area contributed by atoms with Gasteiger partial charge >= 0.3 is 0 Å². The topological polar surface area (TPSA) is 47.0 Å². The van der Waals surface area contributed by atoms with Gasteiger partial charge in [0.2, 0.25) is 0 Å². The van der Waals surface area contributed by atoms with E-state index >= 15 is 0 Å². The third-order valence-corrected chi connectivity index (χ3v) is 3.58. The third kappa shape index (κ3) is 2.58. The molecular formula is C17H17N3O. The number of fused-ring (bicyclic) bond motifs is 1. The van der Waals surface area contributed by atoms with Gasteiger partial charge in [-0.3, -0.25) is 9.97 Å². The van der Waals surface area contributed by atoms with E-state index < -0.39 is 0 Å². The molecule has 0 aliphatic rings. The highest BCUT2D eigenvalue weighted by Crippen LogP contribution is 2.28. The Morgan fingerprint density at radius 1 is 1.14 bits per heavy atom. The first-order valence-corrected chi connectivity index (χ1v) is 6.83. The predicted octanol–water partition coefficient (Wildman–Crippen LogP) is 2.95. The van der Waals surface area contributed by atoms with E-state index in [1.54, 1.807) is 13.3 Å². The molecule has 0 radical (unpaired) electrons. The minimum absolute atomic E-state index is 0.0421. The maximum Gasteiger partial charge on any atom is 0.137 e. The fourth-order valence-electron chi connectivity index (χ4n) is 2.59. The van der Waals surface area contributed by atoms with Gasteiger partial charge in [-0.05, 0) is 36.4 Å². The van der Waals surface area contributed by atoms with Gasteiger partial charge in [0.25, 0.3) is 0 Å². The summed E-state index contributed by atoms with van der Waals surface area (Å²) in [5.74, 6) is 0.756. The highest BCUT2D eigenvalue weighted by atomic mass is 16.5. The second kappa shape index (κ2) is 5.89. The lowest BCUT2D eigenvalue weighted by Crippen LogP contribution is -2.18. The van der Waals surface area contributed by atoms with Crippen LogP contribution >= 0.6 is 0 Å². The van der Waals surface area contributed by atoms with E-state index in [0.717, 1.165) is 22.2 Å². The van der Waals surface area contributed by atoms with E-state index in [-0.39, 0.29) is 6.04 Å². The highest BCUT2D eigenvalue weighted by molar-refractivity contribution is 5.83. The second-order valence-corrected chi connectivity index (χ2v) is 4.80. The van der Waals surface area contributed by atoms with Crippen molar-refractivity contribution in [1.29, 1.82) is 0 Å². The van der Waals surface area contributed by atoms with Crippen molar-refractivity contribution in [3.8, 4) is 5.75 Å². The molecule has 0 saturated carbocycles. The molecule has 1 N–H and O–H groups in total. The van der Waals surface area contributed by atoms with Crippen LogP contribution in [0.2, 0.25) is 0 Å². The molecule has 0 fully saturated rings. The van der Waals surface area contributed by atoms with Gasteiger partial charge in [-0.25, -0.2) is 0 Å². The van der Waals surface area contributed by atoms with E-state index in [1.807, 2.05) is 43.7 Å². The minimum Gasteiger partial charge on any atom is -0.495 e. The quantitative estimate of drug-likeness (QED) is 0.797. The number of aromatic nitrogens is 2. The first kappa shape index (κ1) is 13.5. The summed E-state index contributed by atoms with van der Waals surface area (Å²) in [5.41, 5.74) is 3.23. The molecule has 3 rings (SSSR count). The zero-order chi connectivity index (χ0) is 14.7. The van der Waals surface area contributed by atoms with Gasteiger partial charge in [-0.2, -0.15) is 0 Å². The SMILES string of the molecule is CNC(c1cncc(OC)c1)c1cccc2ncccc12. The molecule has 3 aromatic rings. The van der Waals surface area contributed by atoms with Crippen LogP contribution in [0, 0.1) is 0 Å². The molecule has 0 aliphatic carbocycles. The van der Waals surface area contributed by atoms with Crippen molar-refractivity contribution in [3.05, 3.63) is 66.1 Å². The normalized spacial score (nSPS) is 12.3. The van der Waals surface area contributed by atoms with E-state index in [9.17, 15) is 0 Å². The van der Waals surface area contributed by atoms with Gasteiger partial charge in [0.15, 0.2) is 0 Å². The zero-order valence-corrected chi connectivity index (χ0v) is 12.1. The molecule has 4 nitrogen and oxygen atoms in total. The molecule has 2 heterocycles. The summed E-state index contributed by atoms with van der Waals surface area (Å²) >= 11 is 0. The zero-order valence-electron chi connectivity index (χ0n) is 12.1. The molecule has 21 heavy (non-hydrogen) atoms. The van der Waals surface area contributed by atoms with E-state index in [1.165, 1.54) is 5.56 Å². The van der Waals surface area contributed by atoms with Gasteiger partial charge < -0.3 is 10.1 Å². The van der Waals surface area contributed by atoms with Crippen LogP contribution in [0.4, 0.5) is 0 Å². The number of nitrogens with zero attached hydrogens (tertiary/aromatic N) is 2. The van der Waals surface area contributed by atoms with Crippen molar-refractivity contribution in [2.75, 3.05) is 14.2 Å². The van der Waals surface area contributed by atoms with Crippen LogP contribution in [-0.2, 0) is 0 Å². The van der Waals surface area contributed by atoms with Crippen LogP contribution < -0.4 is 10.1 Å². The second-order valence-electron chi connectivity index (χ2n) is 4.80. The Kier molecular flexibility index (Phi) is 3.79. The molecule has 4 heteroatoms. The first-order chi connectivity index (χ1) is 10.3. The average Bonchev–Trinajstić information content (AvgIpc) is 2.56. The Labute approximate surface area is 123 Å². The average molecular weight is 279 g/mol. The Hall–Kier alpha value is -2.46. The van der Waals surface area contributed by atoms with E-state index in [4.69, 9.17) is 4.74 Å². The lowest BCUT2D eigenvalue weighted by Gasteiger charge is -2.19. The van der Waals surface area contributed by atoms with Crippen molar-refractivity contribution in [3.63, 3.8) is 0 Å². The van der Waals surface area contributed by atoms with Gasteiger partial charge in [0, 0.05) is 17.8 Å². The summed E-state index contributed by atoms with van der Waals surface area (Å²) in [6, 6.07) is 12.3. The van der Waals surface area contributed by atoms with Crippen LogP contribution in [-0.4, -0.2) is 24.1 Å². The number of ether oxygens (including phenoxy) is 1. The Morgan fingerprint density at radius 3 is 2.86 bits per heavy atom. The smallest absolute Gasteiger partial charge is 0.137 e. The van der Waals surface area contributed by atoms with Crippen LogP contribution in [0.1, 0.15) is 17.2 Å². The number of hydrogen-bond acceptors (Lipinski definition) is 4. The van der Waals surface area contributed by atoms with Gasteiger partial charge in [-0.15, -0.1) is 0 Å². The molecule has 2 aromatic heterocycles. The van der Waals surface area contributed by atoms with Crippen molar-refractivity contribution >= 4 is 10.9 Å². The Morgan fingerprint density at radius 2 is 2.05 bits per heavy atom. The van der Waals surface area contributed by atoms with Crippen LogP contribution in [0.5, 0.6) is 5.75 Å². The molecular weight excluding hydrogens is 262 g/mol. The molecule has 0 bridgehead atoms. The van der Waals surface area contributed by atoms with Gasteiger partial charge in [0.1, 0.15) is 5.75 Å². The fourth-order valence-corrected chi connectivity index (χ4v) is 2.59. The monoisotopic (exact) mass is 279 g/mol. The molecule has 0 amide bonds. The summed E-state index contributed by atoms with van der Waals surface area (Å²) < 4.78 is 5.27. The van der Waals surface area contributed by atoms with Crippen molar-refractivity contribution < 1.29 is 4.74 Å².